The first-order chi connectivity index (χ1) is 10.1. The van der Waals surface area contributed by atoms with Gasteiger partial charge in [-0.1, -0.05) is 0 Å². The summed E-state index contributed by atoms with van der Waals surface area (Å²) in [6.45, 7) is 2.79. The van der Waals surface area contributed by atoms with Crippen LogP contribution in [-0.2, 0) is 0 Å². The number of halogens is 1. The van der Waals surface area contributed by atoms with Crippen molar-refractivity contribution < 1.29 is 18.7 Å². The molecule has 1 aromatic carbocycles. The van der Waals surface area contributed by atoms with Crippen molar-refractivity contribution in [2.75, 3.05) is 36.0 Å². The first-order valence-electron chi connectivity index (χ1n) is 6.58. The molecular formula is C14H14FN3O3. The summed E-state index contributed by atoms with van der Waals surface area (Å²) in [5.74, 6) is -1.35. The maximum absolute atomic E-state index is 12.9. The summed E-state index contributed by atoms with van der Waals surface area (Å²) >= 11 is 0. The van der Waals surface area contributed by atoms with Crippen molar-refractivity contribution in [3.05, 3.63) is 42.0 Å². The molecule has 110 valence electrons. The van der Waals surface area contributed by atoms with Crippen LogP contribution in [0.3, 0.4) is 0 Å². The minimum Gasteiger partial charge on any atom is -0.476 e. The summed E-state index contributed by atoms with van der Waals surface area (Å²) in [4.78, 5) is 18.7. The number of aromatic nitrogens is 1. The Hall–Kier alpha value is -2.57. The highest BCUT2D eigenvalue weighted by molar-refractivity contribution is 5.85. The van der Waals surface area contributed by atoms with Gasteiger partial charge in [-0.05, 0) is 24.3 Å². The lowest BCUT2D eigenvalue weighted by Gasteiger charge is -2.35. The SMILES string of the molecule is O=C(O)c1coc(N2CCN(c3ccc(F)cc3)CC2)n1. The van der Waals surface area contributed by atoms with Crippen LogP contribution >= 0.6 is 0 Å². The van der Waals surface area contributed by atoms with Crippen molar-refractivity contribution in [2.24, 2.45) is 0 Å². The Labute approximate surface area is 120 Å². The van der Waals surface area contributed by atoms with E-state index in [0.717, 1.165) is 25.0 Å². The zero-order valence-corrected chi connectivity index (χ0v) is 11.2. The summed E-state index contributed by atoms with van der Waals surface area (Å²) < 4.78 is 18.1. The molecule has 2 heterocycles. The molecule has 1 fully saturated rings. The van der Waals surface area contributed by atoms with Crippen LogP contribution in [0.15, 0.2) is 34.9 Å². The van der Waals surface area contributed by atoms with E-state index in [2.05, 4.69) is 9.88 Å². The second kappa shape index (κ2) is 5.43. The average Bonchev–Trinajstić information content (AvgIpc) is 2.98. The second-order valence-corrected chi connectivity index (χ2v) is 4.77. The van der Waals surface area contributed by atoms with Gasteiger partial charge >= 0.3 is 5.97 Å². The Balaban J connectivity index is 1.64. The number of aromatic carboxylic acids is 1. The Bertz CT molecular complexity index is 633. The van der Waals surface area contributed by atoms with E-state index in [4.69, 9.17) is 9.52 Å². The van der Waals surface area contributed by atoms with Gasteiger partial charge in [-0.2, -0.15) is 4.98 Å². The number of carboxylic acids is 1. The highest BCUT2D eigenvalue weighted by atomic mass is 19.1. The average molecular weight is 291 g/mol. The fraction of sp³-hybridized carbons (Fsp3) is 0.286. The quantitative estimate of drug-likeness (QED) is 0.930. The lowest BCUT2D eigenvalue weighted by molar-refractivity contribution is 0.0690. The molecule has 0 saturated carbocycles. The number of carboxylic acid groups (broad SMARTS) is 1. The van der Waals surface area contributed by atoms with Gasteiger partial charge in [-0.15, -0.1) is 0 Å². The summed E-state index contributed by atoms with van der Waals surface area (Å²) in [6.07, 6.45) is 1.14. The number of benzene rings is 1. The van der Waals surface area contributed by atoms with E-state index in [1.54, 1.807) is 12.1 Å². The van der Waals surface area contributed by atoms with Crippen LogP contribution in [0.25, 0.3) is 0 Å². The third-order valence-electron chi connectivity index (χ3n) is 3.45. The van der Waals surface area contributed by atoms with E-state index in [1.165, 1.54) is 12.1 Å². The second-order valence-electron chi connectivity index (χ2n) is 4.77. The molecule has 2 aromatic rings. The van der Waals surface area contributed by atoms with Crippen molar-refractivity contribution in [2.45, 2.75) is 0 Å². The molecule has 0 amide bonds. The molecule has 6 nitrogen and oxygen atoms in total. The van der Waals surface area contributed by atoms with E-state index in [9.17, 15) is 9.18 Å². The molecule has 0 unspecified atom stereocenters. The number of rotatable bonds is 3. The third kappa shape index (κ3) is 2.81. The maximum Gasteiger partial charge on any atom is 0.357 e. The fourth-order valence-corrected chi connectivity index (χ4v) is 2.32. The van der Waals surface area contributed by atoms with Gasteiger partial charge in [0.2, 0.25) is 0 Å². The third-order valence-corrected chi connectivity index (χ3v) is 3.45. The highest BCUT2D eigenvalue weighted by Crippen LogP contribution is 2.20. The van der Waals surface area contributed by atoms with Crippen LogP contribution in [0, 0.1) is 5.82 Å². The smallest absolute Gasteiger partial charge is 0.357 e. The van der Waals surface area contributed by atoms with Gasteiger partial charge < -0.3 is 19.3 Å². The first kappa shape index (κ1) is 13.4. The molecule has 0 bridgehead atoms. The molecule has 0 atom stereocenters. The number of hydrogen-bond donors (Lipinski definition) is 1. The molecule has 1 aliphatic heterocycles. The van der Waals surface area contributed by atoms with E-state index in [0.29, 0.717) is 19.1 Å². The predicted octanol–water partition coefficient (Wildman–Crippen LogP) is 1.84. The molecule has 7 heteroatoms. The van der Waals surface area contributed by atoms with Gasteiger partial charge in [0.15, 0.2) is 5.69 Å². The van der Waals surface area contributed by atoms with Crippen molar-refractivity contribution in [1.29, 1.82) is 0 Å². The largest absolute Gasteiger partial charge is 0.476 e. The summed E-state index contributed by atoms with van der Waals surface area (Å²) in [5, 5.41) is 8.83. The predicted molar refractivity (Wildman–Crippen MR) is 74.3 cm³/mol. The van der Waals surface area contributed by atoms with Crippen LogP contribution in [-0.4, -0.2) is 42.2 Å². The molecule has 1 aromatic heterocycles. The van der Waals surface area contributed by atoms with Crippen LogP contribution in [0.5, 0.6) is 0 Å². The number of carbonyl (C=O) groups is 1. The molecule has 3 rings (SSSR count). The Morgan fingerprint density at radius 1 is 1.14 bits per heavy atom. The van der Waals surface area contributed by atoms with Gasteiger partial charge in [0, 0.05) is 31.9 Å². The van der Waals surface area contributed by atoms with Gasteiger partial charge in [0.25, 0.3) is 6.01 Å². The first-order valence-corrected chi connectivity index (χ1v) is 6.58. The van der Waals surface area contributed by atoms with Crippen molar-refractivity contribution >= 4 is 17.7 Å². The molecule has 0 aliphatic carbocycles. The van der Waals surface area contributed by atoms with Crippen molar-refractivity contribution in [3.8, 4) is 0 Å². The number of piperazine rings is 1. The minimum absolute atomic E-state index is 0.0917. The monoisotopic (exact) mass is 291 g/mol. The van der Waals surface area contributed by atoms with Crippen molar-refractivity contribution in [1.82, 2.24) is 4.98 Å². The topological polar surface area (TPSA) is 69.8 Å². The number of oxazole rings is 1. The molecule has 0 radical (unpaired) electrons. The Kier molecular flexibility index (Phi) is 3.47. The van der Waals surface area contributed by atoms with Crippen LogP contribution in [0.4, 0.5) is 16.1 Å². The van der Waals surface area contributed by atoms with Gasteiger partial charge in [0.1, 0.15) is 12.1 Å². The lowest BCUT2D eigenvalue weighted by atomic mass is 10.2. The van der Waals surface area contributed by atoms with Gasteiger partial charge in [-0.3, -0.25) is 0 Å². The molecule has 1 N–H and O–H groups in total. The lowest BCUT2D eigenvalue weighted by Crippen LogP contribution is -2.46. The summed E-state index contributed by atoms with van der Waals surface area (Å²) in [5.41, 5.74) is 0.876. The van der Waals surface area contributed by atoms with E-state index in [1.807, 2.05) is 4.90 Å². The fourth-order valence-electron chi connectivity index (χ4n) is 2.32. The summed E-state index contributed by atoms with van der Waals surface area (Å²) in [7, 11) is 0. The van der Waals surface area contributed by atoms with E-state index >= 15 is 0 Å². The zero-order valence-electron chi connectivity index (χ0n) is 11.2. The Morgan fingerprint density at radius 2 is 1.76 bits per heavy atom. The Morgan fingerprint density at radius 3 is 2.33 bits per heavy atom. The van der Waals surface area contributed by atoms with Crippen LogP contribution in [0.2, 0.25) is 0 Å². The maximum atomic E-state index is 12.9. The highest BCUT2D eigenvalue weighted by Gasteiger charge is 2.22. The molecule has 21 heavy (non-hydrogen) atoms. The number of anilines is 2. The van der Waals surface area contributed by atoms with Crippen LogP contribution < -0.4 is 9.80 Å². The minimum atomic E-state index is -1.10. The number of hydrogen-bond acceptors (Lipinski definition) is 5. The molecule has 1 saturated heterocycles. The standard InChI is InChI=1S/C14H14FN3O3/c15-10-1-3-11(4-2-10)17-5-7-18(8-6-17)14-16-12(9-21-14)13(19)20/h1-4,9H,5-8H2,(H,19,20). The summed E-state index contributed by atoms with van der Waals surface area (Å²) in [6, 6.07) is 6.70. The molecular weight excluding hydrogens is 277 g/mol. The molecule has 1 aliphatic rings. The van der Waals surface area contributed by atoms with E-state index in [-0.39, 0.29) is 11.5 Å². The normalized spacial score (nSPS) is 15.3. The van der Waals surface area contributed by atoms with Gasteiger partial charge in [0.05, 0.1) is 0 Å². The van der Waals surface area contributed by atoms with Gasteiger partial charge in [-0.25, -0.2) is 9.18 Å². The van der Waals surface area contributed by atoms with Crippen molar-refractivity contribution in [3.63, 3.8) is 0 Å². The zero-order chi connectivity index (χ0) is 14.8. The number of nitrogens with zero attached hydrogens (tertiary/aromatic N) is 3. The molecule has 0 spiro atoms. The van der Waals surface area contributed by atoms with Crippen LogP contribution in [0.1, 0.15) is 10.5 Å². The van der Waals surface area contributed by atoms with E-state index < -0.39 is 5.97 Å².